The highest BCUT2D eigenvalue weighted by Gasteiger charge is 2.32. The molecule has 2 aromatic carbocycles. The number of hydrogen-bond acceptors (Lipinski definition) is 5. The van der Waals surface area contributed by atoms with E-state index in [1.165, 1.54) is 11.6 Å². The summed E-state index contributed by atoms with van der Waals surface area (Å²) < 4.78 is 2.23. The first kappa shape index (κ1) is 22.0. The third-order valence-corrected chi connectivity index (χ3v) is 6.01. The van der Waals surface area contributed by atoms with Gasteiger partial charge in [0.25, 0.3) is 5.56 Å². The van der Waals surface area contributed by atoms with Gasteiger partial charge in [-0.05, 0) is 36.1 Å². The minimum Gasteiger partial charge on any atom is -0.384 e. The molecule has 0 saturated heterocycles. The van der Waals surface area contributed by atoms with E-state index in [4.69, 9.17) is 17.3 Å². The van der Waals surface area contributed by atoms with Crippen LogP contribution in [0, 0.1) is 0 Å². The molecule has 32 heavy (non-hydrogen) atoms. The summed E-state index contributed by atoms with van der Waals surface area (Å²) in [7, 11) is 1.37. The molecule has 0 radical (unpaired) electrons. The molecule has 0 atom stereocenters. The molecule has 1 aliphatic carbocycles. The van der Waals surface area contributed by atoms with Gasteiger partial charge in [0.1, 0.15) is 11.4 Å². The number of nitrogens with two attached hydrogens (primary N) is 1. The van der Waals surface area contributed by atoms with Crippen LogP contribution in [0.2, 0.25) is 5.02 Å². The zero-order chi connectivity index (χ0) is 22.8. The van der Waals surface area contributed by atoms with E-state index in [1.54, 1.807) is 0 Å². The van der Waals surface area contributed by atoms with Crippen LogP contribution in [0.5, 0.6) is 0 Å². The van der Waals surface area contributed by atoms with E-state index in [1.807, 2.05) is 54.6 Å². The van der Waals surface area contributed by atoms with Gasteiger partial charge in [0.05, 0.1) is 13.1 Å². The number of nitrogen functional groups attached to an aromatic ring is 1. The maximum atomic E-state index is 13.3. The molecule has 0 unspecified atom stereocenters. The van der Waals surface area contributed by atoms with Gasteiger partial charge in [0.2, 0.25) is 0 Å². The van der Waals surface area contributed by atoms with Crippen molar-refractivity contribution in [2.24, 2.45) is 7.05 Å². The summed E-state index contributed by atoms with van der Waals surface area (Å²) >= 11 is 5.98. The summed E-state index contributed by atoms with van der Waals surface area (Å²) in [5.74, 6) is -0.472. The van der Waals surface area contributed by atoms with E-state index in [2.05, 4.69) is 4.90 Å². The molecule has 4 rings (SSSR count). The minimum atomic E-state index is -0.663. The largest absolute Gasteiger partial charge is 0.384 e. The van der Waals surface area contributed by atoms with E-state index in [-0.39, 0.29) is 36.3 Å². The molecule has 1 saturated carbocycles. The zero-order valence-corrected chi connectivity index (χ0v) is 18.6. The Balaban J connectivity index is 1.64. The van der Waals surface area contributed by atoms with Gasteiger partial charge in [-0.2, -0.15) is 0 Å². The molecule has 8 heteroatoms. The number of rotatable bonds is 8. The van der Waals surface area contributed by atoms with Crippen LogP contribution in [0.1, 0.15) is 34.3 Å². The summed E-state index contributed by atoms with van der Waals surface area (Å²) in [5, 5.41) is 0.653. The maximum absolute atomic E-state index is 13.3. The molecule has 0 aliphatic heterocycles. The van der Waals surface area contributed by atoms with Gasteiger partial charge in [-0.25, -0.2) is 4.79 Å². The molecular weight excluding hydrogens is 428 g/mol. The predicted molar refractivity (Wildman–Crippen MR) is 125 cm³/mol. The number of carbonyl (C=O) groups is 1. The Labute approximate surface area is 190 Å². The Morgan fingerprint density at radius 1 is 1.06 bits per heavy atom. The number of ketones is 1. The molecule has 166 valence electrons. The molecule has 1 aromatic heterocycles. The summed E-state index contributed by atoms with van der Waals surface area (Å²) in [4.78, 5) is 40.9. The fourth-order valence-corrected chi connectivity index (χ4v) is 3.93. The number of anilines is 1. The van der Waals surface area contributed by atoms with Crippen LogP contribution >= 0.6 is 11.6 Å². The van der Waals surface area contributed by atoms with Crippen LogP contribution in [0.25, 0.3) is 0 Å². The number of Topliss-reactive ketones (excluding diaryl/α,β-unsaturated/α-hetero) is 1. The molecule has 1 fully saturated rings. The first-order valence-electron chi connectivity index (χ1n) is 10.5. The summed E-state index contributed by atoms with van der Waals surface area (Å²) in [6.07, 6.45) is 2.00. The minimum absolute atomic E-state index is 0.0519. The lowest BCUT2D eigenvalue weighted by Gasteiger charge is -2.22. The van der Waals surface area contributed by atoms with Crippen molar-refractivity contribution in [1.29, 1.82) is 0 Å². The molecule has 1 aliphatic rings. The van der Waals surface area contributed by atoms with Crippen LogP contribution in [-0.4, -0.2) is 32.4 Å². The summed E-state index contributed by atoms with van der Waals surface area (Å²) in [6, 6.07) is 17.1. The van der Waals surface area contributed by atoms with Crippen molar-refractivity contribution in [2.45, 2.75) is 32.0 Å². The first-order valence-corrected chi connectivity index (χ1v) is 10.9. The van der Waals surface area contributed by atoms with Gasteiger partial charge >= 0.3 is 5.69 Å². The standard InChI is InChI=1S/C24H25ClN4O3/c1-27-23(31)21(22(26)29(24(27)32)14-16-5-3-2-4-6-16)20(30)15-28(19-11-12-19)13-17-7-9-18(25)10-8-17/h2-10,19H,11-15,26H2,1H3. The highest BCUT2D eigenvalue weighted by Crippen LogP contribution is 2.29. The van der Waals surface area contributed by atoms with Crippen molar-refractivity contribution >= 4 is 23.2 Å². The molecule has 7 nitrogen and oxygen atoms in total. The van der Waals surface area contributed by atoms with Crippen LogP contribution in [-0.2, 0) is 20.1 Å². The molecule has 0 spiro atoms. The van der Waals surface area contributed by atoms with Crippen LogP contribution in [0.15, 0.2) is 64.2 Å². The first-order chi connectivity index (χ1) is 15.3. The smallest absolute Gasteiger partial charge is 0.332 e. The highest BCUT2D eigenvalue weighted by atomic mass is 35.5. The second kappa shape index (κ2) is 9.14. The quantitative estimate of drug-likeness (QED) is 0.531. The number of aromatic nitrogens is 2. The third-order valence-electron chi connectivity index (χ3n) is 5.75. The van der Waals surface area contributed by atoms with E-state index in [9.17, 15) is 14.4 Å². The Morgan fingerprint density at radius 3 is 2.34 bits per heavy atom. The SMILES string of the molecule is Cn1c(=O)c(C(=O)CN(Cc2ccc(Cl)cc2)C2CC2)c(N)n(Cc2ccccc2)c1=O. The van der Waals surface area contributed by atoms with Gasteiger partial charge in [0, 0.05) is 24.7 Å². The van der Waals surface area contributed by atoms with E-state index >= 15 is 0 Å². The number of hydrogen-bond donors (Lipinski definition) is 1. The lowest BCUT2D eigenvalue weighted by molar-refractivity contribution is 0.0917. The van der Waals surface area contributed by atoms with Gasteiger partial charge in [0.15, 0.2) is 5.78 Å². The van der Waals surface area contributed by atoms with Crippen molar-refractivity contribution in [1.82, 2.24) is 14.0 Å². The lowest BCUT2D eigenvalue weighted by Crippen LogP contribution is -2.44. The summed E-state index contributed by atoms with van der Waals surface area (Å²) in [5.41, 5.74) is 6.77. The van der Waals surface area contributed by atoms with E-state index in [0.29, 0.717) is 11.6 Å². The fourth-order valence-electron chi connectivity index (χ4n) is 3.81. The van der Waals surface area contributed by atoms with E-state index in [0.717, 1.165) is 28.5 Å². The Morgan fingerprint density at radius 2 is 1.72 bits per heavy atom. The zero-order valence-electron chi connectivity index (χ0n) is 17.8. The average Bonchev–Trinajstić information content (AvgIpc) is 3.63. The number of benzene rings is 2. The van der Waals surface area contributed by atoms with Crippen molar-refractivity contribution in [3.63, 3.8) is 0 Å². The van der Waals surface area contributed by atoms with Gasteiger partial charge in [-0.15, -0.1) is 0 Å². The number of nitrogens with zero attached hydrogens (tertiary/aromatic N) is 3. The Kier molecular flexibility index (Phi) is 6.30. The second-order valence-electron chi connectivity index (χ2n) is 8.16. The predicted octanol–water partition coefficient (Wildman–Crippen LogP) is 2.68. The van der Waals surface area contributed by atoms with Gasteiger partial charge in [-0.1, -0.05) is 54.1 Å². The van der Waals surface area contributed by atoms with Crippen LogP contribution in [0.3, 0.4) is 0 Å². The van der Waals surface area contributed by atoms with E-state index < -0.39 is 11.2 Å². The topological polar surface area (TPSA) is 90.3 Å². The molecule has 1 heterocycles. The second-order valence-corrected chi connectivity index (χ2v) is 8.60. The fraction of sp³-hybridized carbons (Fsp3) is 0.292. The number of halogens is 1. The third kappa shape index (κ3) is 4.69. The van der Waals surface area contributed by atoms with Crippen molar-refractivity contribution < 1.29 is 4.79 Å². The molecule has 2 N–H and O–H groups in total. The van der Waals surface area contributed by atoms with Gasteiger partial charge < -0.3 is 5.73 Å². The highest BCUT2D eigenvalue weighted by molar-refractivity contribution is 6.30. The van der Waals surface area contributed by atoms with Gasteiger partial charge in [-0.3, -0.25) is 23.6 Å². The van der Waals surface area contributed by atoms with Crippen LogP contribution in [0.4, 0.5) is 5.82 Å². The maximum Gasteiger partial charge on any atom is 0.332 e. The normalized spacial score (nSPS) is 13.5. The summed E-state index contributed by atoms with van der Waals surface area (Å²) in [6.45, 7) is 0.796. The van der Waals surface area contributed by atoms with Crippen molar-refractivity contribution in [2.75, 3.05) is 12.3 Å². The average molecular weight is 453 g/mol. The Bertz CT molecular complexity index is 1250. The number of carbonyl (C=O) groups excluding carboxylic acids is 1. The monoisotopic (exact) mass is 452 g/mol. The molecule has 3 aromatic rings. The lowest BCUT2D eigenvalue weighted by atomic mass is 10.1. The van der Waals surface area contributed by atoms with Crippen molar-refractivity contribution in [3.8, 4) is 0 Å². The Hall–Kier alpha value is -3.16. The molecule has 0 bridgehead atoms. The van der Waals surface area contributed by atoms with Crippen molar-refractivity contribution in [3.05, 3.63) is 97.1 Å². The molecular formula is C24H25ClN4O3. The molecule has 0 amide bonds. The van der Waals surface area contributed by atoms with Crippen LogP contribution < -0.4 is 17.0 Å².